The molecular weight excluding hydrogens is 362 g/mol. The molecule has 0 fully saturated rings. The van der Waals surface area contributed by atoms with Crippen LogP contribution in [0.3, 0.4) is 0 Å². The summed E-state index contributed by atoms with van der Waals surface area (Å²) >= 11 is 6.96. The maximum absolute atomic E-state index is 6.96. The van der Waals surface area contributed by atoms with Gasteiger partial charge >= 0.3 is 0 Å². The first kappa shape index (κ1) is 17.0. The van der Waals surface area contributed by atoms with Crippen LogP contribution in [0.25, 0.3) is 32.9 Å². The van der Waals surface area contributed by atoms with Gasteiger partial charge in [-0.3, -0.25) is 0 Å². The van der Waals surface area contributed by atoms with Gasteiger partial charge in [-0.25, -0.2) is 4.98 Å². The quantitative estimate of drug-likeness (QED) is 0.320. The van der Waals surface area contributed by atoms with Crippen LogP contribution < -0.4 is 0 Å². The molecule has 0 amide bonds. The lowest BCUT2D eigenvalue weighted by atomic mass is 9.94. The van der Waals surface area contributed by atoms with Crippen LogP contribution in [0.1, 0.15) is 11.1 Å². The van der Waals surface area contributed by atoms with E-state index in [4.69, 9.17) is 16.6 Å². The van der Waals surface area contributed by atoms with E-state index in [-0.39, 0.29) is 0 Å². The van der Waals surface area contributed by atoms with Gasteiger partial charge < -0.3 is 0 Å². The zero-order chi connectivity index (χ0) is 18.9. The minimum atomic E-state index is 0.746. The molecule has 1 aromatic heterocycles. The largest absolute Gasteiger partial charge is 0.247 e. The molecule has 1 heterocycles. The maximum atomic E-state index is 6.96. The summed E-state index contributed by atoms with van der Waals surface area (Å²) in [7, 11) is 0. The van der Waals surface area contributed by atoms with Gasteiger partial charge in [-0.15, -0.1) is 0 Å². The van der Waals surface area contributed by atoms with Crippen LogP contribution in [-0.4, -0.2) is 4.98 Å². The van der Waals surface area contributed by atoms with Gasteiger partial charge in [0.05, 0.1) is 16.2 Å². The SMILES string of the molecule is Clc1c(Cc2ccccc2)c(-c2cccc3ccccc23)nc2ccccc12. The van der Waals surface area contributed by atoms with E-state index in [1.165, 1.54) is 16.3 Å². The molecule has 0 aliphatic heterocycles. The van der Waals surface area contributed by atoms with Crippen LogP contribution in [0.5, 0.6) is 0 Å². The second kappa shape index (κ2) is 7.10. The lowest BCUT2D eigenvalue weighted by molar-refractivity contribution is 1.17. The number of nitrogens with zero attached hydrogens (tertiary/aromatic N) is 1. The molecule has 0 bridgehead atoms. The standard InChI is InChI=1S/C26H18ClN/c27-25-22-14-6-7-16-24(22)28-26(23(25)17-18-9-2-1-3-10-18)21-15-8-12-19-11-4-5-13-20(19)21/h1-16H,17H2. The van der Waals surface area contributed by atoms with E-state index in [1.807, 2.05) is 30.3 Å². The second-order valence-corrected chi connectivity index (χ2v) is 7.34. The highest BCUT2D eigenvalue weighted by Gasteiger charge is 2.17. The minimum Gasteiger partial charge on any atom is -0.247 e. The van der Waals surface area contributed by atoms with E-state index in [0.29, 0.717) is 0 Å². The molecule has 0 N–H and O–H groups in total. The van der Waals surface area contributed by atoms with Crippen LogP contribution in [-0.2, 0) is 6.42 Å². The Morgan fingerprint density at radius 1 is 0.643 bits per heavy atom. The van der Waals surface area contributed by atoms with Crippen molar-refractivity contribution in [2.45, 2.75) is 6.42 Å². The molecule has 0 spiro atoms. The molecule has 0 saturated carbocycles. The first-order valence-electron chi connectivity index (χ1n) is 9.40. The summed E-state index contributed by atoms with van der Waals surface area (Å²) in [6, 6.07) is 33.3. The predicted molar refractivity (Wildman–Crippen MR) is 119 cm³/mol. The van der Waals surface area contributed by atoms with E-state index in [9.17, 15) is 0 Å². The van der Waals surface area contributed by atoms with Crippen molar-refractivity contribution in [1.29, 1.82) is 0 Å². The van der Waals surface area contributed by atoms with Crippen molar-refractivity contribution in [2.75, 3.05) is 0 Å². The van der Waals surface area contributed by atoms with Gasteiger partial charge in [0, 0.05) is 22.9 Å². The number of benzene rings is 4. The number of rotatable bonds is 3. The normalized spacial score (nSPS) is 11.2. The fraction of sp³-hybridized carbons (Fsp3) is 0.0385. The smallest absolute Gasteiger partial charge is 0.0766 e. The van der Waals surface area contributed by atoms with Crippen molar-refractivity contribution in [3.63, 3.8) is 0 Å². The molecule has 0 aliphatic rings. The van der Waals surface area contributed by atoms with Gasteiger partial charge in [0.2, 0.25) is 0 Å². The topological polar surface area (TPSA) is 12.9 Å². The number of pyridine rings is 1. The van der Waals surface area contributed by atoms with Crippen LogP contribution in [0, 0.1) is 0 Å². The van der Waals surface area contributed by atoms with E-state index in [1.54, 1.807) is 0 Å². The summed E-state index contributed by atoms with van der Waals surface area (Å²) in [5.74, 6) is 0. The van der Waals surface area contributed by atoms with Crippen LogP contribution >= 0.6 is 11.6 Å². The fourth-order valence-corrected chi connectivity index (χ4v) is 4.14. The Hall–Kier alpha value is -3.16. The summed E-state index contributed by atoms with van der Waals surface area (Å²) < 4.78 is 0. The molecule has 2 heteroatoms. The third-order valence-corrected chi connectivity index (χ3v) is 5.62. The second-order valence-electron chi connectivity index (χ2n) is 6.96. The number of hydrogen-bond acceptors (Lipinski definition) is 1. The lowest BCUT2D eigenvalue weighted by Crippen LogP contribution is -1.99. The zero-order valence-electron chi connectivity index (χ0n) is 15.3. The highest BCUT2D eigenvalue weighted by Crippen LogP contribution is 2.37. The zero-order valence-corrected chi connectivity index (χ0v) is 16.0. The molecule has 0 aliphatic carbocycles. The molecule has 0 atom stereocenters. The number of aromatic nitrogens is 1. The Balaban J connectivity index is 1.83. The number of hydrogen-bond donors (Lipinski definition) is 0. The third kappa shape index (κ3) is 2.94. The molecule has 28 heavy (non-hydrogen) atoms. The molecular formula is C26H18ClN. The summed E-state index contributed by atoms with van der Waals surface area (Å²) in [6.45, 7) is 0. The molecule has 134 valence electrons. The molecule has 0 saturated heterocycles. The third-order valence-electron chi connectivity index (χ3n) is 5.19. The summed E-state index contributed by atoms with van der Waals surface area (Å²) in [5.41, 5.74) is 5.30. The Morgan fingerprint density at radius 3 is 2.18 bits per heavy atom. The van der Waals surface area contributed by atoms with Crippen molar-refractivity contribution in [2.24, 2.45) is 0 Å². The Morgan fingerprint density at radius 2 is 1.32 bits per heavy atom. The van der Waals surface area contributed by atoms with E-state index in [2.05, 4.69) is 66.7 Å². The molecule has 5 aromatic rings. The highest BCUT2D eigenvalue weighted by atomic mass is 35.5. The van der Waals surface area contributed by atoms with Crippen molar-refractivity contribution in [3.8, 4) is 11.3 Å². The predicted octanol–water partition coefficient (Wildman–Crippen LogP) is 7.30. The molecule has 0 radical (unpaired) electrons. The average molecular weight is 380 g/mol. The van der Waals surface area contributed by atoms with Gasteiger partial charge in [0.15, 0.2) is 0 Å². The van der Waals surface area contributed by atoms with Gasteiger partial charge in [0.1, 0.15) is 0 Å². The van der Waals surface area contributed by atoms with E-state index >= 15 is 0 Å². The number of para-hydroxylation sites is 1. The summed E-state index contributed by atoms with van der Waals surface area (Å²) in [5, 5.41) is 4.19. The molecule has 0 unspecified atom stereocenters. The molecule has 1 nitrogen and oxygen atoms in total. The van der Waals surface area contributed by atoms with E-state index in [0.717, 1.165) is 39.2 Å². The summed E-state index contributed by atoms with van der Waals surface area (Å²) in [4.78, 5) is 5.07. The Bertz CT molecular complexity index is 1290. The Labute approximate surface area is 169 Å². The maximum Gasteiger partial charge on any atom is 0.0766 e. The van der Waals surface area contributed by atoms with Gasteiger partial charge in [-0.05, 0) is 22.4 Å². The number of halogens is 1. The summed E-state index contributed by atoms with van der Waals surface area (Å²) in [6.07, 6.45) is 0.746. The first-order chi connectivity index (χ1) is 13.8. The van der Waals surface area contributed by atoms with E-state index < -0.39 is 0 Å². The fourth-order valence-electron chi connectivity index (χ4n) is 3.83. The van der Waals surface area contributed by atoms with Crippen LogP contribution in [0.2, 0.25) is 5.02 Å². The molecule has 4 aromatic carbocycles. The monoisotopic (exact) mass is 379 g/mol. The van der Waals surface area contributed by atoms with Gasteiger partial charge in [0.25, 0.3) is 0 Å². The van der Waals surface area contributed by atoms with Crippen molar-refractivity contribution in [1.82, 2.24) is 4.98 Å². The van der Waals surface area contributed by atoms with Crippen molar-refractivity contribution in [3.05, 3.63) is 113 Å². The average Bonchev–Trinajstić information content (AvgIpc) is 2.76. The van der Waals surface area contributed by atoms with Crippen LogP contribution in [0.15, 0.2) is 97.1 Å². The first-order valence-corrected chi connectivity index (χ1v) is 9.78. The highest BCUT2D eigenvalue weighted by molar-refractivity contribution is 6.36. The van der Waals surface area contributed by atoms with Crippen molar-refractivity contribution < 1.29 is 0 Å². The molecule has 5 rings (SSSR count). The lowest BCUT2D eigenvalue weighted by Gasteiger charge is -2.15. The minimum absolute atomic E-state index is 0.746. The number of fused-ring (bicyclic) bond motifs is 2. The Kier molecular flexibility index (Phi) is 4.31. The van der Waals surface area contributed by atoms with Crippen molar-refractivity contribution >= 4 is 33.3 Å². The van der Waals surface area contributed by atoms with Gasteiger partial charge in [-0.1, -0.05) is 103 Å². The van der Waals surface area contributed by atoms with Gasteiger partial charge in [-0.2, -0.15) is 0 Å². The van der Waals surface area contributed by atoms with Crippen LogP contribution in [0.4, 0.5) is 0 Å².